The van der Waals surface area contributed by atoms with Crippen molar-refractivity contribution in [1.29, 1.82) is 0 Å². The van der Waals surface area contributed by atoms with Gasteiger partial charge in [-0.25, -0.2) is 0 Å². The van der Waals surface area contributed by atoms with Gasteiger partial charge in [-0.3, -0.25) is 9.69 Å². The highest BCUT2D eigenvalue weighted by Crippen LogP contribution is 2.32. The highest BCUT2D eigenvalue weighted by Gasteiger charge is 2.26. The van der Waals surface area contributed by atoms with Crippen molar-refractivity contribution in [3.63, 3.8) is 0 Å². The molecule has 0 unspecified atom stereocenters. The zero-order valence-electron chi connectivity index (χ0n) is 16.4. The molecule has 4 rings (SSSR count). The van der Waals surface area contributed by atoms with Crippen LogP contribution in [-0.2, 0) is 11.3 Å². The number of carbonyl (C=O) groups is 1. The molecule has 0 spiro atoms. The fourth-order valence-corrected chi connectivity index (χ4v) is 3.61. The summed E-state index contributed by atoms with van der Waals surface area (Å²) < 4.78 is 16.7. The number of ether oxygens (including phenoxy) is 3. The van der Waals surface area contributed by atoms with Crippen LogP contribution >= 0.6 is 0 Å². The van der Waals surface area contributed by atoms with Gasteiger partial charge in [0.15, 0.2) is 17.6 Å². The average molecular weight is 382 g/mol. The van der Waals surface area contributed by atoms with E-state index in [0.29, 0.717) is 19.9 Å². The second-order valence-corrected chi connectivity index (χ2v) is 7.31. The summed E-state index contributed by atoms with van der Waals surface area (Å²) in [6.07, 6.45) is -0.485. The molecule has 2 aromatic carbocycles. The number of aryl methyl sites for hydroxylation is 1. The molecule has 1 amide bonds. The zero-order chi connectivity index (χ0) is 19.5. The minimum Gasteiger partial charge on any atom is -0.481 e. The van der Waals surface area contributed by atoms with Crippen molar-refractivity contribution in [2.45, 2.75) is 26.5 Å². The van der Waals surface area contributed by atoms with Gasteiger partial charge in [0, 0.05) is 32.7 Å². The van der Waals surface area contributed by atoms with Crippen LogP contribution in [0.15, 0.2) is 42.5 Å². The fourth-order valence-electron chi connectivity index (χ4n) is 3.61. The molecule has 28 heavy (non-hydrogen) atoms. The Hall–Kier alpha value is -2.73. The molecule has 1 fully saturated rings. The summed E-state index contributed by atoms with van der Waals surface area (Å²) in [4.78, 5) is 17.0. The van der Waals surface area contributed by atoms with Crippen molar-refractivity contribution in [3.8, 4) is 17.2 Å². The number of piperazine rings is 1. The number of hydrogen-bond acceptors (Lipinski definition) is 5. The standard InChI is InChI=1S/C22H26N2O4/c1-16-5-3-4-6-19(16)28-17(2)22(25)24-11-9-23(10-12-24)14-18-7-8-20-21(13-18)27-15-26-20/h3-8,13,17H,9-12,14-15H2,1-2H3/t17-/m0/s1. The summed E-state index contributed by atoms with van der Waals surface area (Å²) in [5.41, 5.74) is 2.23. The lowest BCUT2D eigenvalue weighted by molar-refractivity contribution is -0.139. The first-order valence-electron chi connectivity index (χ1n) is 9.72. The number of para-hydroxylation sites is 1. The molecule has 2 aliphatic heterocycles. The Bertz CT molecular complexity index is 846. The monoisotopic (exact) mass is 382 g/mol. The molecule has 2 aliphatic rings. The highest BCUT2D eigenvalue weighted by molar-refractivity contribution is 5.81. The van der Waals surface area contributed by atoms with Gasteiger partial charge in [0.1, 0.15) is 5.75 Å². The molecule has 0 saturated carbocycles. The smallest absolute Gasteiger partial charge is 0.263 e. The van der Waals surface area contributed by atoms with Crippen LogP contribution in [0.3, 0.4) is 0 Å². The maximum atomic E-state index is 12.8. The van der Waals surface area contributed by atoms with E-state index < -0.39 is 6.10 Å². The second-order valence-electron chi connectivity index (χ2n) is 7.31. The Balaban J connectivity index is 1.28. The van der Waals surface area contributed by atoms with Crippen LogP contribution < -0.4 is 14.2 Å². The van der Waals surface area contributed by atoms with E-state index in [0.717, 1.165) is 42.4 Å². The van der Waals surface area contributed by atoms with Gasteiger partial charge in [-0.2, -0.15) is 0 Å². The van der Waals surface area contributed by atoms with E-state index in [4.69, 9.17) is 14.2 Å². The second kappa shape index (κ2) is 8.10. The van der Waals surface area contributed by atoms with Gasteiger partial charge >= 0.3 is 0 Å². The lowest BCUT2D eigenvalue weighted by atomic mass is 10.1. The normalized spacial score (nSPS) is 17.4. The molecule has 0 aromatic heterocycles. The van der Waals surface area contributed by atoms with Crippen LogP contribution in [0.1, 0.15) is 18.1 Å². The zero-order valence-corrected chi connectivity index (χ0v) is 16.4. The lowest BCUT2D eigenvalue weighted by Crippen LogP contribution is -2.51. The SMILES string of the molecule is Cc1ccccc1O[C@@H](C)C(=O)N1CCN(Cc2ccc3c(c2)OCO3)CC1. The maximum absolute atomic E-state index is 12.8. The summed E-state index contributed by atoms with van der Waals surface area (Å²) in [6, 6.07) is 13.9. The van der Waals surface area contributed by atoms with Gasteiger partial charge < -0.3 is 19.1 Å². The predicted molar refractivity (Wildman–Crippen MR) is 106 cm³/mol. The number of rotatable bonds is 5. The van der Waals surface area contributed by atoms with Crippen molar-refractivity contribution >= 4 is 5.91 Å². The maximum Gasteiger partial charge on any atom is 0.263 e. The number of benzene rings is 2. The number of amides is 1. The molecule has 1 saturated heterocycles. The largest absolute Gasteiger partial charge is 0.481 e. The molecule has 6 nitrogen and oxygen atoms in total. The van der Waals surface area contributed by atoms with E-state index in [1.165, 1.54) is 5.56 Å². The van der Waals surface area contributed by atoms with Gasteiger partial charge in [0.2, 0.25) is 6.79 Å². The summed E-state index contributed by atoms with van der Waals surface area (Å²) in [7, 11) is 0. The van der Waals surface area contributed by atoms with Crippen LogP contribution in [0.4, 0.5) is 0 Å². The summed E-state index contributed by atoms with van der Waals surface area (Å²) in [5.74, 6) is 2.44. The minimum atomic E-state index is -0.485. The van der Waals surface area contributed by atoms with Gasteiger partial charge in [-0.05, 0) is 43.2 Å². The van der Waals surface area contributed by atoms with Gasteiger partial charge in [-0.15, -0.1) is 0 Å². The molecule has 148 valence electrons. The molecule has 0 aliphatic carbocycles. The Morgan fingerprint density at radius 1 is 1.07 bits per heavy atom. The number of hydrogen-bond donors (Lipinski definition) is 0. The molecular weight excluding hydrogens is 356 g/mol. The molecule has 1 atom stereocenters. The van der Waals surface area contributed by atoms with Gasteiger partial charge in [0.25, 0.3) is 5.91 Å². The Labute approximate surface area is 165 Å². The van der Waals surface area contributed by atoms with Crippen molar-refractivity contribution in [1.82, 2.24) is 9.80 Å². The topological polar surface area (TPSA) is 51.2 Å². The van der Waals surface area contributed by atoms with E-state index in [9.17, 15) is 4.79 Å². The molecular formula is C22H26N2O4. The third-order valence-electron chi connectivity index (χ3n) is 5.27. The summed E-state index contributed by atoms with van der Waals surface area (Å²) in [5, 5.41) is 0. The third-order valence-corrected chi connectivity index (χ3v) is 5.27. The first kappa shape index (κ1) is 18.6. The Morgan fingerprint density at radius 2 is 1.82 bits per heavy atom. The van der Waals surface area contributed by atoms with E-state index in [2.05, 4.69) is 11.0 Å². The van der Waals surface area contributed by atoms with Crippen LogP contribution in [0.2, 0.25) is 0 Å². The highest BCUT2D eigenvalue weighted by atomic mass is 16.7. The number of fused-ring (bicyclic) bond motifs is 1. The Morgan fingerprint density at radius 3 is 2.61 bits per heavy atom. The molecule has 2 aromatic rings. The first-order chi connectivity index (χ1) is 13.6. The predicted octanol–water partition coefficient (Wildman–Crippen LogP) is 2.84. The van der Waals surface area contributed by atoms with Crippen molar-refractivity contribution in [2.24, 2.45) is 0 Å². The molecule has 2 heterocycles. The van der Waals surface area contributed by atoms with Gasteiger partial charge in [-0.1, -0.05) is 24.3 Å². The fraction of sp³-hybridized carbons (Fsp3) is 0.409. The summed E-state index contributed by atoms with van der Waals surface area (Å²) >= 11 is 0. The van der Waals surface area contributed by atoms with Crippen LogP contribution in [-0.4, -0.2) is 54.8 Å². The van der Waals surface area contributed by atoms with E-state index >= 15 is 0 Å². The summed E-state index contributed by atoms with van der Waals surface area (Å²) in [6.45, 7) is 8.07. The number of nitrogens with zero attached hydrogens (tertiary/aromatic N) is 2. The quantitative estimate of drug-likeness (QED) is 0.796. The molecule has 0 N–H and O–H groups in total. The first-order valence-corrected chi connectivity index (χ1v) is 9.72. The van der Waals surface area contributed by atoms with Gasteiger partial charge in [0.05, 0.1) is 0 Å². The van der Waals surface area contributed by atoms with E-state index in [1.807, 2.05) is 55.1 Å². The van der Waals surface area contributed by atoms with E-state index in [1.54, 1.807) is 0 Å². The van der Waals surface area contributed by atoms with Crippen molar-refractivity contribution in [3.05, 3.63) is 53.6 Å². The Kier molecular flexibility index (Phi) is 5.39. The van der Waals surface area contributed by atoms with Crippen LogP contribution in [0.5, 0.6) is 17.2 Å². The van der Waals surface area contributed by atoms with Crippen LogP contribution in [0.25, 0.3) is 0 Å². The number of carbonyl (C=O) groups excluding carboxylic acids is 1. The molecule has 0 radical (unpaired) electrons. The van der Waals surface area contributed by atoms with Crippen molar-refractivity contribution < 1.29 is 19.0 Å². The lowest BCUT2D eigenvalue weighted by Gasteiger charge is -2.36. The van der Waals surface area contributed by atoms with E-state index in [-0.39, 0.29) is 5.91 Å². The molecule has 6 heteroatoms. The van der Waals surface area contributed by atoms with Crippen LogP contribution in [0, 0.1) is 6.92 Å². The average Bonchev–Trinajstić information content (AvgIpc) is 3.17. The molecule has 0 bridgehead atoms. The van der Waals surface area contributed by atoms with Crippen molar-refractivity contribution in [2.75, 3.05) is 33.0 Å². The third kappa shape index (κ3) is 4.07. The minimum absolute atomic E-state index is 0.0472.